The maximum atomic E-state index is 11.2. The van der Waals surface area contributed by atoms with Gasteiger partial charge in [-0.05, 0) is 13.8 Å². The standard InChI is InChI=1S/C6H12N4O2/c1-5(7)3(11)9-4(12)10-6(5,2)8/h7-8H2,1-2H3,(H2,9,10,11,12). The van der Waals surface area contributed by atoms with Gasteiger partial charge in [0.05, 0.1) is 0 Å². The second-order valence-corrected chi connectivity index (χ2v) is 3.31. The molecule has 68 valence electrons. The molecule has 0 aromatic heterocycles. The zero-order valence-corrected chi connectivity index (χ0v) is 6.97. The van der Waals surface area contributed by atoms with Crippen LogP contribution in [0.25, 0.3) is 0 Å². The Morgan fingerprint density at radius 2 is 1.75 bits per heavy atom. The van der Waals surface area contributed by atoms with Gasteiger partial charge in [-0.25, -0.2) is 4.79 Å². The van der Waals surface area contributed by atoms with E-state index in [2.05, 4.69) is 5.32 Å². The van der Waals surface area contributed by atoms with Crippen LogP contribution < -0.4 is 22.1 Å². The quantitative estimate of drug-likeness (QED) is 0.346. The van der Waals surface area contributed by atoms with Crippen LogP contribution in [0.5, 0.6) is 0 Å². The van der Waals surface area contributed by atoms with Crippen molar-refractivity contribution in [2.24, 2.45) is 11.5 Å². The van der Waals surface area contributed by atoms with Crippen molar-refractivity contribution in [3.8, 4) is 0 Å². The number of imide groups is 1. The third kappa shape index (κ3) is 1.05. The molecular weight excluding hydrogens is 160 g/mol. The fourth-order valence-corrected chi connectivity index (χ4v) is 0.866. The third-order valence-electron chi connectivity index (χ3n) is 2.15. The van der Waals surface area contributed by atoms with Crippen LogP contribution in [0.2, 0.25) is 0 Å². The Labute approximate surface area is 69.7 Å². The number of hydrogen-bond donors (Lipinski definition) is 4. The van der Waals surface area contributed by atoms with Gasteiger partial charge in [-0.15, -0.1) is 0 Å². The number of carbonyl (C=O) groups is 2. The number of hydrogen-bond acceptors (Lipinski definition) is 4. The van der Waals surface area contributed by atoms with E-state index in [0.29, 0.717) is 0 Å². The van der Waals surface area contributed by atoms with Gasteiger partial charge >= 0.3 is 6.03 Å². The summed E-state index contributed by atoms with van der Waals surface area (Å²) in [6.45, 7) is 2.95. The Bertz CT molecular complexity index is 246. The lowest BCUT2D eigenvalue weighted by molar-refractivity contribution is -0.128. The number of nitrogens with two attached hydrogens (primary N) is 2. The van der Waals surface area contributed by atoms with E-state index in [1.807, 2.05) is 5.32 Å². The highest BCUT2D eigenvalue weighted by molar-refractivity contribution is 6.03. The molecule has 1 heterocycles. The highest BCUT2D eigenvalue weighted by Crippen LogP contribution is 2.16. The van der Waals surface area contributed by atoms with Crippen LogP contribution in [0.4, 0.5) is 4.79 Å². The van der Waals surface area contributed by atoms with Crippen LogP contribution in [-0.2, 0) is 4.79 Å². The van der Waals surface area contributed by atoms with Gasteiger partial charge in [0.2, 0.25) is 0 Å². The lowest BCUT2D eigenvalue weighted by Gasteiger charge is -2.43. The van der Waals surface area contributed by atoms with Crippen molar-refractivity contribution in [1.29, 1.82) is 0 Å². The first-order chi connectivity index (χ1) is 5.27. The van der Waals surface area contributed by atoms with Crippen LogP contribution in [0.1, 0.15) is 13.8 Å². The number of urea groups is 1. The van der Waals surface area contributed by atoms with Crippen LogP contribution in [-0.4, -0.2) is 23.1 Å². The summed E-state index contributed by atoms with van der Waals surface area (Å²) >= 11 is 0. The molecule has 12 heavy (non-hydrogen) atoms. The number of amides is 3. The van der Waals surface area contributed by atoms with E-state index >= 15 is 0 Å². The molecule has 0 aromatic carbocycles. The molecule has 1 rings (SSSR count). The smallest absolute Gasteiger partial charge is 0.318 e. The predicted octanol–water partition coefficient (Wildman–Crippen LogP) is -1.78. The summed E-state index contributed by atoms with van der Waals surface area (Å²) in [6.07, 6.45) is 0. The van der Waals surface area contributed by atoms with E-state index in [1.165, 1.54) is 13.8 Å². The minimum Gasteiger partial charge on any atom is -0.318 e. The SMILES string of the molecule is CC1(N)NC(=O)NC(=O)C1(C)N. The summed E-state index contributed by atoms with van der Waals surface area (Å²) in [7, 11) is 0. The molecule has 0 radical (unpaired) electrons. The molecule has 0 aliphatic carbocycles. The maximum absolute atomic E-state index is 11.2. The highest BCUT2D eigenvalue weighted by Gasteiger charge is 2.49. The van der Waals surface area contributed by atoms with Crippen molar-refractivity contribution in [3.63, 3.8) is 0 Å². The monoisotopic (exact) mass is 172 g/mol. The molecule has 0 spiro atoms. The average Bonchev–Trinajstić information content (AvgIpc) is 1.82. The van der Waals surface area contributed by atoms with Crippen molar-refractivity contribution in [2.45, 2.75) is 25.0 Å². The van der Waals surface area contributed by atoms with Crippen LogP contribution in [0.3, 0.4) is 0 Å². The summed E-state index contributed by atoms with van der Waals surface area (Å²) in [5.41, 5.74) is 8.72. The molecule has 0 bridgehead atoms. The van der Waals surface area contributed by atoms with Gasteiger partial charge in [0.1, 0.15) is 11.2 Å². The van der Waals surface area contributed by atoms with Crippen molar-refractivity contribution < 1.29 is 9.59 Å². The summed E-state index contributed by atoms with van der Waals surface area (Å²) in [5, 5.41) is 4.39. The highest BCUT2D eigenvalue weighted by atomic mass is 16.2. The largest absolute Gasteiger partial charge is 0.322 e. The van der Waals surface area contributed by atoms with Crippen molar-refractivity contribution >= 4 is 11.9 Å². The van der Waals surface area contributed by atoms with E-state index in [0.717, 1.165) is 0 Å². The fraction of sp³-hybridized carbons (Fsp3) is 0.667. The molecular formula is C6H12N4O2. The maximum Gasteiger partial charge on any atom is 0.322 e. The molecule has 6 nitrogen and oxygen atoms in total. The topological polar surface area (TPSA) is 110 Å². The van der Waals surface area contributed by atoms with E-state index < -0.39 is 23.1 Å². The van der Waals surface area contributed by atoms with Gasteiger partial charge < -0.3 is 16.8 Å². The number of nitrogens with one attached hydrogen (secondary N) is 2. The first kappa shape index (κ1) is 8.95. The molecule has 2 atom stereocenters. The molecule has 1 fully saturated rings. The Balaban J connectivity index is 3.02. The summed E-state index contributed by atoms with van der Waals surface area (Å²) in [4.78, 5) is 22.0. The first-order valence-corrected chi connectivity index (χ1v) is 3.49. The Morgan fingerprint density at radius 1 is 1.25 bits per heavy atom. The zero-order chi connectivity index (χ0) is 9.57. The second-order valence-electron chi connectivity index (χ2n) is 3.31. The lowest BCUT2D eigenvalue weighted by Crippen LogP contribution is -2.81. The van der Waals surface area contributed by atoms with Crippen molar-refractivity contribution in [3.05, 3.63) is 0 Å². The number of carbonyl (C=O) groups excluding carboxylic acids is 2. The lowest BCUT2D eigenvalue weighted by atomic mass is 9.86. The Kier molecular flexibility index (Phi) is 1.62. The zero-order valence-electron chi connectivity index (χ0n) is 6.97. The molecule has 1 aliphatic rings. The molecule has 2 unspecified atom stereocenters. The van der Waals surface area contributed by atoms with Gasteiger partial charge in [0.15, 0.2) is 0 Å². The van der Waals surface area contributed by atoms with Crippen LogP contribution in [0, 0.1) is 0 Å². The molecule has 3 amide bonds. The Morgan fingerprint density at radius 3 is 2.17 bits per heavy atom. The van der Waals surface area contributed by atoms with E-state index in [9.17, 15) is 9.59 Å². The predicted molar refractivity (Wildman–Crippen MR) is 41.9 cm³/mol. The third-order valence-corrected chi connectivity index (χ3v) is 2.15. The molecule has 0 aromatic rings. The Hall–Kier alpha value is -1.14. The van der Waals surface area contributed by atoms with Crippen LogP contribution >= 0.6 is 0 Å². The van der Waals surface area contributed by atoms with E-state index in [-0.39, 0.29) is 0 Å². The van der Waals surface area contributed by atoms with Gasteiger partial charge in [-0.2, -0.15) is 0 Å². The van der Waals surface area contributed by atoms with Gasteiger partial charge in [0, 0.05) is 0 Å². The molecule has 6 N–H and O–H groups in total. The first-order valence-electron chi connectivity index (χ1n) is 3.49. The fourth-order valence-electron chi connectivity index (χ4n) is 0.866. The molecule has 0 saturated carbocycles. The van der Waals surface area contributed by atoms with Crippen molar-refractivity contribution in [2.75, 3.05) is 0 Å². The van der Waals surface area contributed by atoms with E-state index in [4.69, 9.17) is 11.5 Å². The van der Waals surface area contributed by atoms with Crippen molar-refractivity contribution in [1.82, 2.24) is 10.6 Å². The minimum absolute atomic E-state index is 0.573. The van der Waals surface area contributed by atoms with Gasteiger partial charge in [0.25, 0.3) is 5.91 Å². The normalized spacial score (nSPS) is 42.0. The molecule has 1 saturated heterocycles. The van der Waals surface area contributed by atoms with Crippen LogP contribution in [0.15, 0.2) is 0 Å². The molecule has 1 aliphatic heterocycles. The number of rotatable bonds is 0. The van der Waals surface area contributed by atoms with E-state index in [1.54, 1.807) is 0 Å². The summed E-state index contributed by atoms with van der Waals surface area (Å²) in [6, 6.07) is -0.618. The summed E-state index contributed by atoms with van der Waals surface area (Å²) in [5.74, 6) is -0.573. The van der Waals surface area contributed by atoms with Gasteiger partial charge in [-0.3, -0.25) is 10.1 Å². The molecule has 6 heteroatoms. The minimum atomic E-state index is -1.29. The summed E-state index contributed by atoms with van der Waals surface area (Å²) < 4.78 is 0. The van der Waals surface area contributed by atoms with Gasteiger partial charge in [-0.1, -0.05) is 0 Å². The second kappa shape index (κ2) is 2.18. The average molecular weight is 172 g/mol.